The number of carbonyl (C=O) groups is 1. The summed E-state index contributed by atoms with van der Waals surface area (Å²) in [6, 6.07) is 0. The zero-order chi connectivity index (χ0) is 11.3. The second-order valence-electron chi connectivity index (χ2n) is 4.61. The number of nitrogens with two attached hydrogens (primary N) is 1. The van der Waals surface area contributed by atoms with Crippen molar-refractivity contribution in [2.45, 2.75) is 44.8 Å². The molecule has 0 saturated carbocycles. The number of Topliss-reactive ketones (excluding diaryl/α,β-unsaturated/α-hetero) is 1. The molecule has 4 nitrogen and oxygen atoms in total. The lowest BCUT2D eigenvalue weighted by Gasteiger charge is -2.24. The average Bonchev–Trinajstić information content (AvgIpc) is 2.95. The van der Waals surface area contributed by atoms with E-state index in [0.717, 1.165) is 19.4 Å². The van der Waals surface area contributed by atoms with Crippen molar-refractivity contribution in [2.24, 2.45) is 5.73 Å². The predicted molar refractivity (Wildman–Crippen MR) is 57.7 cm³/mol. The predicted octanol–water partition coefficient (Wildman–Crippen LogP) is 0.879. The molecule has 4 heteroatoms. The van der Waals surface area contributed by atoms with Gasteiger partial charge in [-0.15, -0.1) is 0 Å². The second kappa shape index (κ2) is 5.58. The lowest BCUT2D eigenvalue weighted by molar-refractivity contribution is -0.118. The molecular weight excluding hydrogens is 194 g/mol. The zero-order valence-electron chi connectivity index (χ0n) is 9.62. The molecule has 0 aromatic heterocycles. The monoisotopic (exact) mass is 215 g/mol. The maximum Gasteiger partial charge on any atom is 0.146 e. The number of ketones is 1. The maximum atomic E-state index is 10.9. The second-order valence-corrected chi connectivity index (χ2v) is 4.61. The van der Waals surface area contributed by atoms with Gasteiger partial charge in [-0.05, 0) is 20.3 Å². The Balaban J connectivity index is 2.04. The molecule has 0 bridgehead atoms. The molecule has 0 spiro atoms. The molecule has 1 aliphatic rings. The van der Waals surface area contributed by atoms with Crippen LogP contribution in [0.3, 0.4) is 0 Å². The summed E-state index contributed by atoms with van der Waals surface area (Å²) in [4.78, 5) is 10.9. The molecule has 88 valence electrons. The Morgan fingerprint density at radius 3 is 2.80 bits per heavy atom. The molecule has 1 unspecified atom stereocenters. The highest BCUT2D eigenvalue weighted by Crippen LogP contribution is 2.25. The summed E-state index contributed by atoms with van der Waals surface area (Å²) in [6.45, 7) is 5.72. The lowest BCUT2D eigenvalue weighted by Crippen LogP contribution is -2.27. The quantitative estimate of drug-likeness (QED) is 0.482. The van der Waals surface area contributed by atoms with Crippen LogP contribution in [0.5, 0.6) is 0 Å². The van der Waals surface area contributed by atoms with Crippen LogP contribution in [0.2, 0.25) is 0 Å². The Bertz CT molecular complexity index is 212. The molecule has 1 rings (SSSR count). The van der Waals surface area contributed by atoms with Gasteiger partial charge in [0.15, 0.2) is 0 Å². The van der Waals surface area contributed by atoms with Crippen molar-refractivity contribution in [3.8, 4) is 0 Å². The maximum absolute atomic E-state index is 10.9. The van der Waals surface area contributed by atoms with E-state index in [9.17, 15) is 4.79 Å². The Morgan fingerprint density at radius 2 is 2.27 bits per heavy atom. The summed E-state index contributed by atoms with van der Waals surface area (Å²) in [5.41, 5.74) is 5.06. The Kier molecular flexibility index (Phi) is 4.70. The van der Waals surface area contributed by atoms with Crippen molar-refractivity contribution in [1.29, 1.82) is 0 Å². The number of carbonyl (C=O) groups excluding carboxylic acids is 1. The zero-order valence-corrected chi connectivity index (χ0v) is 9.62. The van der Waals surface area contributed by atoms with Gasteiger partial charge in [-0.1, -0.05) is 0 Å². The van der Waals surface area contributed by atoms with Gasteiger partial charge in [-0.3, -0.25) is 4.79 Å². The molecule has 0 aromatic carbocycles. The number of ether oxygens (including phenoxy) is 2. The van der Waals surface area contributed by atoms with E-state index in [1.807, 2.05) is 0 Å². The van der Waals surface area contributed by atoms with Crippen molar-refractivity contribution in [2.75, 3.05) is 19.8 Å². The first-order valence-electron chi connectivity index (χ1n) is 5.51. The summed E-state index contributed by atoms with van der Waals surface area (Å²) in [5.74, 6) is 0.0990. The minimum Gasteiger partial charge on any atom is -0.375 e. The van der Waals surface area contributed by atoms with Gasteiger partial charge >= 0.3 is 0 Å². The number of hydrogen-bond acceptors (Lipinski definition) is 4. The number of hydrogen-bond donors (Lipinski definition) is 1. The van der Waals surface area contributed by atoms with Gasteiger partial charge < -0.3 is 15.2 Å². The van der Waals surface area contributed by atoms with Crippen LogP contribution in [0.15, 0.2) is 0 Å². The Morgan fingerprint density at radius 1 is 1.60 bits per heavy atom. The largest absolute Gasteiger partial charge is 0.375 e. The molecule has 15 heavy (non-hydrogen) atoms. The summed E-state index contributed by atoms with van der Waals surface area (Å²) < 4.78 is 10.9. The standard InChI is InChI=1S/C11H21NO3/c1-11(2,6-10-8-14-10)15-5-3-4-9(13)7-12/h10H,3-8,12H2,1-2H3. The van der Waals surface area contributed by atoms with Gasteiger partial charge in [0.05, 0.1) is 24.9 Å². The molecule has 0 radical (unpaired) electrons. The fourth-order valence-electron chi connectivity index (χ4n) is 1.51. The van der Waals surface area contributed by atoms with Gasteiger partial charge in [-0.2, -0.15) is 0 Å². The van der Waals surface area contributed by atoms with Gasteiger partial charge in [0.25, 0.3) is 0 Å². The molecular formula is C11H21NO3. The molecule has 0 aromatic rings. The first-order valence-corrected chi connectivity index (χ1v) is 5.51. The topological polar surface area (TPSA) is 64.8 Å². The molecule has 1 aliphatic heterocycles. The van der Waals surface area contributed by atoms with Crippen molar-refractivity contribution < 1.29 is 14.3 Å². The van der Waals surface area contributed by atoms with E-state index in [-0.39, 0.29) is 17.9 Å². The van der Waals surface area contributed by atoms with Gasteiger partial charge in [0.2, 0.25) is 0 Å². The van der Waals surface area contributed by atoms with Crippen LogP contribution in [-0.2, 0) is 14.3 Å². The highest BCUT2D eigenvalue weighted by molar-refractivity contribution is 5.80. The third kappa shape index (κ3) is 5.87. The first-order chi connectivity index (χ1) is 7.03. The van der Waals surface area contributed by atoms with Crippen molar-refractivity contribution >= 4 is 5.78 Å². The van der Waals surface area contributed by atoms with Crippen LogP contribution >= 0.6 is 0 Å². The molecule has 0 aliphatic carbocycles. The van der Waals surface area contributed by atoms with E-state index in [0.29, 0.717) is 19.1 Å². The summed E-state index contributed by atoms with van der Waals surface area (Å²) in [5, 5.41) is 0. The third-order valence-electron chi connectivity index (χ3n) is 2.44. The lowest BCUT2D eigenvalue weighted by atomic mass is 10.0. The van der Waals surface area contributed by atoms with Crippen LogP contribution in [0.4, 0.5) is 0 Å². The normalized spacial score (nSPS) is 20.3. The number of rotatable bonds is 8. The SMILES string of the molecule is CC(C)(CC1CO1)OCCCC(=O)CN. The molecule has 1 atom stereocenters. The fourth-order valence-corrected chi connectivity index (χ4v) is 1.51. The van der Waals surface area contributed by atoms with Crippen molar-refractivity contribution in [3.05, 3.63) is 0 Å². The summed E-state index contributed by atoms with van der Waals surface area (Å²) >= 11 is 0. The van der Waals surface area contributed by atoms with E-state index < -0.39 is 0 Å². The molecule has 1 fully saturated rings. The smallest absolute Gasteiger partial charge is 0.146 e. The highest BCUT2D eigenvalue weighted by Gasteiger charge is 2.31. The highest BCUT2D eigenvalue weighted by atomic mass is 16.6. The average molecular weight is 215 g/mol. The van der Waals surface area contributed by atoms with Crippen molar-refractivity contribution in [1.82, 2.24) is 0 Å². The van der Waals surface area contributed by atoms with Crippen LogP contribution < -0.4 is 5.73 Å². The van der Waals surface area contributed by atoms with Crippen LogP contribution in [0.1, 0.15) is 33.1 Å². The molecule has 1 heterocycles. The van der Waals surface area contributed by atoms with Crippen LogP contribution in [0.25, 0.3) is 0 Å². The summed E-state index contributed by atoms with van der Waals surface area (Å²) in [6.07, 6.45) is 2.58. The number of epoxide rings is 1. The Labute approximate surface area is 91.1 Å². The summed E-state index contributed by atoms with van der Waals surface area (Å²) in [7, 11) is 0. The van der Waals surface area contributed by atoms with Crippen LogP contribution in [-0.4, -0.2) is 37.2 Å². The molecule has 2 N–H and O–H groups in total. The van der Waals surface area contributed by atoms with E-state index in [1.54, 1.807) is 0 Å². The Hall–Kier alpha value is -0.450. The fraction of sp³-hybridized carbons (Fsp3) is 0.909. The van der Waals surface area contributed by atoms with Gasteiger partial charge in [0.1, 0.15) is 5.78 Å². The van der Waals surface area contributed by atoms with Crippen molar-refractivity contribution in [3.63, 3.8) is 0 Å². The van der Waals surface area contributed by atoms with E-state index in [1.165, 1.54) is 0 Å². The van der Waals surface area contributed by atoms with Gasteiger partial charge in [-0.25, -0.2) is 0 Å². The van der Waals surface area contributed by atoms with Crippen LogP contribution in [0, 0.1) is 0 Å². The van der Waals surface area contributed by atoms with E-state index in [2.05, 4.69) is 13.8 Å². The first kappa shape index (κ1) is 12.6. The van der Waals surface area contributed by atoms with E-state index >= 15 is 0 Å². The van der Waals surface area contributed by atoms with E-state index in [4.69, 9.17) is 15.2 Å². The van der Waals surface area contributed by atoms with Gasteiger partial charge in [0, 0.05) is 19.4 Å². The minimum atomic E-state index is -0.146. The third-order valence-corrected chi connectivity index (χ3v) is 2.44. The minimum absolute atomic E-state index is 0.0990. The molecule has 0 amide bonds. The molecule has 1 saturated heterocycles.